The molecule has 46 heavy (non-hydrogen) atoms. The number of unbranched alkanes of at least 4 members (excludes halogenated alkanes) is 18. The number of hydrogen-bond acceptors (Lipinski definition) is 4. The van der Waals surface area contributed by atoms with E-state index in [1.54, 1.807) is 23.5 Å². The summed E-state index contributed by atoms with van der Waals surface area (Å²) < 4.78 is 0.828. The van der Waals surface area contributed by atoms with Crippen LogP contribution in [-0.2, 0) is 24.3 Å². The molecule has 0 aliphatic carbocycles. The maximum Gasteiger partial charge on any atom is 0.149 e. The molecule has 2 aromatic rings. The highest BCUT2D eigenvalue weighted by Crippen LogP contribution is 2.36. The van der Waals surface area contributed by atoms with Crippen molar-refractivity contribution >= 4 is 23.5 Å². The quantitative estimate of drug-likeness (QED) is 0.0674. The summed E-state index contributed by atoms with van der Waals surface area (Å²) in [4.78, 5) is 0. The fourth-order valence-corrected chi connectivity index (χ4v) is 7.98. The van der Waals surface area contributed by atoms with Gasteiger partial charge in [0.25, 0.3) is 0 Å². The summed E-state index contributed by atoms with van der Waals surface area (Å²) in [5, 5.41) is 19.2. The largest absolute Gasteiger partial charge is 0.192 e. The van der Waals surface area contributed by atoms with Crippen LogP contribution in [0.1, 0.15) is 165 Å². The number of aryl methyl sites for hydroxylation is 2. The van der Waals surface area contributed by atoms with Gasteiger partial charge in [0.05, 0.1) is 4.24 Å². The van der Waals surface area contributed by atoms with E-state index >= 15 is 0 Å². The summed E-state index contributed by atoms with van der Waals surface area (Å²) >= 11 is 3.23. The highest BCUT2D eigenvalue weighted by molar-refractivity contribution is 8.21. The first-order valence-electron chi connectivity index (χ1n) is 18.7. The molecule has 0 heterocycles. The first-order chi connectivity index (χ1) is 22.7. The van der Waals surface area contributed by atoms with Gasteiger partial charge in [-0.2, -0.15) is 10.5 Å². The van der Waals surface area contributed by atoms with Crippen molar-refractivity contribution in [1.29, 1.82) is 10.5 Å². The van der Waals surface area contributed by atoms with Crippen molar-refractivity contribution in [3.63, 3.8) is 0 Å². The second-order valence-electron chi connectivity index (χ2n) is 13.0. The molecular formula is C42H62N2S2. The third-order valence-corrected chi connectivity index (χ3v) is 11.4. The summed E-state index contributed by atoms with van der Waals surface area (Å²) in [6.07, 6.45) is 29.7. The average molecular weight is 659 g/mol. The molecule has 0 atom stereocenters. The van der Waals surface area contributed by atoms with E-state index in [1.807, 2.05) is 0 Å². The number of rotatable bonds is 28. The van der Waals surface area contributed by atoms with Crippen molar-refractivity contribution in [1.82, 2.24) is 0 Å². The van der Waals surface area contributed by atoms with Crippen LogP contribution in [0, 0.1) is 22.7 Å². The Kier molecular flexibility index (Phi) is 24.3. The monoisotopic (exact) mass is 658 g/mol. The molecule has 0 fully saturated rings. The first-order valence-corrected chi connectivity index (χ1v) is 20.6. The Hall–Kier alpha value is -2.14. The van der Waals surface area contributed by atoms with Crippen LogP contribution >= 0.6 is 23.5 Å². The van der Waals surface area contributed by atoms with E-state index in [-0.39, 0.29) is 5.57 Å². The molecule has 0 unspecified atom stereocenters. The van der Waals surface area contributed by atoms with E-state index in [1.165, 1.54) is 151 Å². The van der Waals surface area contributed by atoms with Crippen molar-refractivity contribution in [2.75, 3.05) is 0 Å². The zero-order valence-electron chi connectivity index (χ0n) is 29.3. The Morgan fingerprint density at radius 2 is 0.717 bits per heavy atom. The molecule has 0 aliphatic rings. The van der Waals surface area contributed by atoms with Crippen LogP contribution in [0.3, 0.4) is 0 Å². The van der Waals surface area contributed by atoms with Crippen molar-refractivity contribution in [2.45, 2.75) is 167 Å². The minimum absolute atomic E-state index is 0.227. The lowest BCUT2D eigenvalue weighted by Gasteiger charge is -2.09. The summed E-state index contributed by atoms with van der Waals surface area (Å²) in [6, 6.07) is 22.1. The van der Waals surface area contributed by atoms with Gasteiger partial charge in [-0.1, -0.05) is 178 Å². The van der Waals surface area contributed by atoms with Crippen molar-refractivity contribution in [2.24, 2.45) is 0 Å². The SMILES string of the molecule is CCCCCCCCCCCCc1ccc(CSC(SCc2ccc(CCCCCCCCCCCC)cc2)=C(C#N)C#N)cc1. The van der Waals surface area contributed by atoms with Gasteiger partial charge in [-0.05, 0) is 47.9 Å². The van der Waals surface area contributed by atoms with Crippen LogP contribution in [0.2, 0.25) is 0 Å². The predicted molar refractivity (Wildman–Crippen MR) is 205 cm³/mol. The molecule has 0 amide bonds. The molecule has 0 saturated carbocycles. The summed E-state index contributed by atoms with van der Waals surface area (Å²) in [5.41, 5.74) is 5.52. The standard InChI is InChI=1S/C42H62N2S2/c1-3-5-7-9-11-13-15-17-19-21-23-37-25-29-39(30-26-37)35-45-42(41(33-43)34-44)46-36-40-31-27-38(28-32-40)24-22-20-18-16-14-12-10-8-6-4-2/h25-32H,3-24,35-36H2,1-2H3. The molecular weight excluding hydrogens is 597 g/mol. The molecule has 0 bridgehead atoms. The van der Waals surface area contributed by atoms with Crippen LogP contribution in [0.4, 0.5) is 0 Å². The van der Waals surface area contributed by atoms with E-state index in [0.717, 1.165) is 28.6 Å². The molecule has 4 heteroatoms. The number of allylic oxidation sites excluding steroid dienone is 1. The van der Waals surface area contributed by atoms with Crippen molar-refractivity contribution in [3.05, 3.63) is 80.6 Å². The number of thioether (sulfide) groups is 2. The lowest BCUT2D eigenvalue weighted by molar-refractivity contribution is 0.556. The van der Waals surface area contributed by atoms with Gasteiger partial charge in [-0.3, -0.25) is 0 Å². The van der Waals surface area contributed by atoms with Crippen molar-refractivity contribution in [3.8, 4) is 12.1 Å². The van der Waals surface area contributed by atoms with E-state index < -0.39 is 0 Å². The second-order valence-corrected chi connectivity index (χ2v) is 15.2. The van der Waals surface area contributed by atoms with E-state index in [2.05, 4.69) is 74.5 Å². The van der Waals surface area contributed by atoms with Gasteiger partial charge in [0.15, 0.2) is 0 Å². The zero-order valence-corrected chi connectivity index (χ0v) is 30.9. The highest BCUT2D eigenvalue weighted by atomic mass is 32.2. The molecule has 0 saturated heterocycles. The summed E-state index contributed by atoms with van der Waals surface area (Å²) in [7, 11) is 0. The van der Waals surface area contributed by atoms with Crippen LogP contribution < -0.4 is 0 Å². The van der Waals surface area contributed by atoms with Gasteiger partial charge >= 0.3 is 0 Å². The van der Waals surface area contributed by atoms with Gasteiger partial charge in [-0.15, -0.1) is 23.5 Å². The molecule has 0 N–H and O–H groups in total. The number of nitriles is 2. The average Bonchev–Trinajstić information content (AvgIpc) is 3.09. The van der Waals surface area contributed by atoms with Gasteiger partial charge in [0, 0.05) is 11.5 Å². The third-order valence-electron chi connectivity index (χ3n) is 8.85. The Morgan fingerprint density at radius 3 is 1.02 bits per heavy atom. The van der Waals surface area contributed by atoms with Crippen LogP contribution in [-0.4, -0.2) is 0 Å². The van der Waals surface area contributed by atoms with Gasteiger partial charge in [-0.25, -0.2) is 0 Å². The molecule has 2 rings (SSSR count). The van der Waals surface area contributed by atoms with E-state index in [9.17, 15) is 10.5 Å². The summed E-state index contributed by atoms with van der Waals surface area (Å²) in [6.45, 7) is 4.56. The maximum atomic E-state index is 9.59. The van der Waals surface area contributed by atoms with Crippen molar-refractivity contribution < 1.29 is 0 Å². The first kappa shape index (κ1) is 40.0. The Morgan fingerprint density at radius 1 is 0.435 bits per heavy atom. The number of nitrogens with zero attached hydrogens (tertiary/aromatic N) is 2. The highest BCUT2D eigenvalue weighted by Gasteiger charge is 2.10. The molecule has 252 valence electrons. The third kappa shape index (κ3) is 19.5. The minimum Gasteiger partial charge on any atom is -0.192 e. The Balaban J connectivity index is 1.67. The lowest BCUT2D eigenvalue weighted by Crippen LogP contribution is -1.90. The van der Waals surface area contributed by atoms with Crippen LogP contribution in [0.5, 0.6) is 0 Å². The molecule has 0 spiro atoms. The lowest BCUT2D eigenvalue weighted by atomic mass is 10.0. The minimum atomic E-state index is 0.227. The topological polar surface area (TPSA) is 47.6 Å². The Bertz CT molecular complexity index is 1050. The van der Waals surface area contributed by atoms with Gasteiger partial charge < -0.3 is 0 Å². The Labute approximate surface area is 292 Å². The molecule has 0 radical (unpaired) electrons. The fraction of sp³-hybridized carbons (Fsp3) is 0.619. The normalized spacial score (nSPS) is 10.9. The number of hydrogen-bond donors (Lipinski definition) is 0. The smallest absolute Gasteiger partial charge is 0.149 e. The van der Waals surface area contributed by atoms with Crippen LogP contribution in [0.15, 0.2) is 58.3 Å². The molecule has 2 aromatic carbocycles. The maximum absolute atomic E-state index is 9.59. The molecule has 2 nitrogen and oxygen atoms in total. The fourth-order valence-electron chi connectivity index (χ4n) is 5.84. The number of benzene rings is 2. The van der Waals surface area contributed by atoms with E-state index in [4.69, 9.17) is 0 Å². The van der Waals surface area contributed by atoms with E-state index in [0.29, 0.717) is 0 Å². The summed E-state index contributed by atoms with van der Waals surface area (Å²) in [5.74, 6) is 1.54. The molecule has 0 aliphatic heterocycles. The van der Waals surface area contributed by atoms with Gasteiger partial charge in [0.2, 0.25) is 0 Å². The van der Waals surface area contributed by atoms with Crippen LogP contribution in [0.25, 0.3) is 0 Å². The second kappa shape index (κ2) is 27.9. The molecule has 0 aromatic heterocycles. The predicted octanol–water partition coefficient (Wildman–Crippen LogP) is 14.0. The van der Waals surface area contributed by atoms with Gasteiger partial charge in [0.1, 0.15) is 17.7 Å². The zero-order chi connectivity index (χ0) is 32.9.